The molecule has 2 heteroatoms. The summed E-state index contributed by atoms with van der Waals surface area (Å²) < 4.78 is 5.72. The normalized spacial score (nSPS) is 31.9. The topological polar surface area (TPSA) is 9.23 Å². The molecule has 0 aromatic carbocycles. The summed E-state index contributed by atoms with van der Waals surface area (Å²) >= 11 is 6.16. The monoisotopic (exact) mass is 216 g/mol. The van der Waals surface area contributed by atoms with Gasteiger partial charge in [-0.15, -0.1) is 11.6 Å². The lowest BCUT2D eigenvalue weighted by atomic mass is 9.72. The van der Waals surface area contributed by atoms with Crippen molar-refractivity contribution in [3.63, 3.8) is 0 Å². The third-order valence-electron chi connectivity index (χ3n) is 3.88. The standard InChI is InChI=1S/C12H21ClO/c13-10-12(6-2-1-3-7-12)9-11-5-4-8-14-11/h11H,1-10H2. The van der Waals surface area contributed by atoms with E-state index in [2.05, 4.69) is 0 Å². The van der Waals surface area contributed by atoms with Crippen molar-refractivity contribution in [1.82, 2.24) is 0 Å². The number of rotatable bonds is 3. The summed E-state index contributed by atoms with van der Waals surface area (Å²) in [5.74, 6) is 0.840. The fourth-order valence-electron chi connectivity index (χ4n) is 2.98. The third-order valence-corrected chi connectivity index (χ3v) is 4.45. The molecule has 0 aromatic heterocycles. The van der Waals surface area contributed by atoms with Crippen molar-refractivity contribution in [3.8, 4) is 0 Å². The summed E-state index contributed by atoms with van der Waals surface area (Å²) in [6.07, 6.45) is 11.1. The zero-order chi connectivity index (χ0) is 9.86. The van der Waals surface area contributed by atoms with Crippen molar-refractivity contribution in [3.05, 3.63) is 0 Å². The quantitative estimate of drug-likeness (QED) is 0.653. The molecule has 1 aliphatic carbocycles. The lowest BCUT2D eigenvalue weighted by Gasteiger charge is -2.37. The highest BCUT2D eigenvalue weighted by atomic mass is 35.5. The second kappa shape index (κ2) is 4.85. The number of hydrogen-bond donors (Lipinski definition) is 0. The summed E-state index contributed by atoms with van der Waals surface area (Å²) in [5, 5.41) is 0. The Hall–Kier alpha value is 0.250. The SMILES string of the molecule is ClCC1(CC2CCCO2)CCCCC1. The van der Waals surface area contributed by atoms with Crippen LogP contribution in [-0.2, 0) is 4.74 Å². The van der Waals surface area contributed by atoms with Crippen molar-refractivity contribution < 1.29 is 4.74 Å². The average molecular weight is 217 g/mol. The van der Waals surface area contributed by atoms with Crippen LogP contribution in [0.1, 0.15) is 51.4 Å². The summed E-state index contributed by atoms with van der Waals surface area (Å²) in [6.45, 7) is 0.975. The second-order valence-electron chi connectivity index (χ2n) is 5.03. The average Bonchev–Trinajstić information content (AvgIpc) is 2.72. The molecule has 2 fully saturated rings. The van der Waals surface area contributed by atoms with Gasteiger partial charge in [-0.2, -0.15) is 0 Å². The van der Waals surface area contributed by atoms with Crippen LogP contribution in [0.4, 0.5) is 0 Å². The molecule has 0 radical (unpaired) electrons. The Labute approximate surface area is 92.2 Å². The molecule has 1 saturated heterocycles. The molecule has 2 rings (SSSR count). The van der Waals surface area contributed by atoms with Gasteiger partial charge in [0, 0.05) is 12.5 Å². The molecular weight excluding hydrogens is 196 g/mol. The minimum atomic E-state index is 0.425. The van der Waals surface area contributed by atoms with Crippen molar-refractivity contribution in [2.45, 2.75) is 57.5 Å². The predicted octanol–water partition coefficient (Wildman–Crippen LogP) is 3.74. The molecule has 0 N–H and O–H groups in total. The molecule has 1 atom stereocenters. The summed E-state index contributed by atoms with van der Waals surface area (Å²) in [4.78, 5) is 0. The zero-order valence-electron chi connectivity index (χ0n) is 8.93. The van der Waals surface area contributed by atoms with Crippen LogP contribution in [0.3, 0.4) is 0 Å². The van der Waals surface area contributed by atoms with Crippen LogP contribution in [0.2, 0.25) is 0 Å². The first-order valence-corrected chi connectivity index (χ1v) is 6.56. The fourth-order valence-corrected chi connectivity index (χ4v) is 3.36. The van der Waals surface area contributed by atoms with Crippen LogP contribution in [0.25, 0.3) is 0 Å². The third kappa shape index (κ3) is 2.43. The van der Waals surface area contributed by atoms with E-state index in [1.165, 1.54) is 51.4 Å². The Morgan fingerprint density at radius 3 is 2.50 bits per heavy atom. The number of ether oxygens (including phenoxy) is 1. The molecule has 1 unspecified atom stereocenters. The molecule has 0 aromatic rings. The minimum absolute atomic E-state index is 0.425. The van der Waals surface area contributed by atoms with E-state index < -0.39 is 0 Å². The first kappa shape index (κ1) is 10.8. The maximum atomic E-state index is 6.16. The molecule has 14 heavy (non-hydrogen) atoms. The van der Waals surface area contributed by atoms with E-state index in [0.29, 0.717) is 11.5 Å². The van der Waals surface area contributed by atoms with Gasteiger partial charge in [-0.3, -0.25) is 0 Å². The number of hydrogen-bond acceptors (Lipinski definition) is 1. The van der Waals surface area contributed by atoms with Crippen LogP contribution in [0, 0.1) is 5.41 Å². The first-order chi connectivity index (χ1) is 6.85. The van der Waals surface area contributed by atoms with Crippen LogP contribution < -0.4 is 0 Å². The van der Waals surface area contributed by atoms with Crippen LogP contribution in [-0.4, -0.2) is 18.6 Å². The smallest absolute Gasteiger partial charge is 0.0581 e. The second-order valence-corrected chi connectivity index (χ2v) is 5.30. The summed E-state index contributed by atoms with van der Waals surface area (Å²) in [5.41, 5.74) is 0.425. The highest BCUT2D eigenvalue weighted by molar-refractivity contribution is 6.18. The van der Waals surface area contributed by atoms with Crippen molar-refractivity contribution in [1.29, 1.82) is 0 Å². The van der Waals surface area contributed by atoms with Gasteiger partial charge < -0.3 is 4.74 Å². The van der Waals surface area contributed by atoms with Gasteiger partial charge in [0.1, 0.15) is 0 Å². The summed E-state index contributed by atoms with van der Waals surface area (Å²) in [6, 6.07) is 0. The molecule has 2 aliphatic rings. The Balaban J connectivity index is 1.89. The molecule has 1 heterocycles. The Morgan fingerprint density at radius 2 is 1.93 bits per heavy atom. The van der Waals surface area contributed by atoms with E-state index in [9.17, 15) is 0 Å². The van der Waals surface area contributed by atoms with Gasteiger partial charge in [0.05, 0.1) is 6.10 Å². The molecule has 82 valence electrons. The Kier molecular flexibility index (Phi) is 3.73. The lowest BCUT2D eigenvalue weighted by Crippen LogP contribution is -2.30. The van der Waals surface area contributed by atoms with Gasteiger partial charge in [0.2, 0.25) is 0 Å². The van der Waals surface area contributed by atoms with Gasteiger partial charge in [-0.05, 0) is 37.5 Å². The highest BCUT2D eigenvalue weighted by Gasteiger charge is 2.34. The Bertz CT molecular complexity index is 169. The minimum Gasteiger partial charge on any atom is -0.378 e. The summed E-state index contributed by atoms with van der Waals surface area (Å²) in [7, 11) is 0. The maximum absolute atomic E-state index is 6.16. The molecule has 0 spiro atoms. The van der Waals surface area contributed by atoms with Gasteiger partial charge >= 0.3 is 0 Å². The predicted molar refractivity (Wildman–Crippen MR) is 59.8 cm³/mol. The van der Waals surface area contributed by atoms with Gasteiger partial charge in [0.25, 0.3) is 0 Å². The van der Waals surface area contributed by atoms with E-state index in [4.69, 9.17) is 16.3 Å². The number of alkyl halides is 1. The molecule has 1 nitrogen and oxygen atoms in total. The molecule has 0 amide bonds. The first-order valence-electron chi connectivity index (χ1n) is 6.02. The largest absolute Gasteiger partial charge is 0.378 e. The van der Waals surface area contributed by atoms with Crippen LogP contribution in [0.15, 0.2) is 0 Å². The highest BCUT2D eigenvalue weighted by Crippen LogP contribution is 2.42. The number of halogens is 1. The van der Waals surface area contributed by atoms with Crippen LogP contribution >= 0.6 is 11.6 Å². The van der Waals surface area contributed by atoms with E-state index in [0.717, 1.165) is 12.5 Å². The molecular formula is C12H21ClO. The zero-order valence-corrected chi connectivity index (χ0v) is 9.69. The van der Waals surface area contributed by atoms with Crippen molar-refractivity contribution in [2.24, 2.45) is 5.41 Å². The van der Waals surface area contributed by atoms with E-state index >= 15 is 0 Å². The Morgan fingerprint density at radius 1 is 1.14 bits per heavy atom. The molecule has 0 bridgehead atoms. The van der Waals surface area contributed by atoms with Gasteiger partial charge in [-0.25, -0.2) is 0 Å². The van der Waals surface area contributed by atoms with Gasteiger partial charge in [0.15, 0.2) is 0 Å². The van der Waals surface area contributed by atoms with E-state index in [1.54, 1.807) is 0 Å². The van der Waals surface area contributed by atoms with Crippen molar-refractivity contribution >= 4 is 11.6 Å². The van der Waals surface area contributed by atoms with E-state index in [1.807, 2.05) is 0 Å². The lowest BCUT2D eigenvalue weighted by molar-refractivity contribution is 0.0530. The fraction of sp³-hybridized carbons (Fsp3) is 1.00. The van der Waals surface area contributed by atoms with Crippen LogP contribution in [0.5, 0.6) is 0 Å². The van der Waals surface area contributed by atoms with E-state index in [-0.39, 0.29) is 0 Å². The van der Waals surface area contributed by atoms with Gasteiger partial charge in [-0.1, -0.05) is 19.3 Å². The molecule has 1 aliphatic heterocycles. The molecule has 1 saturated carbocycles. The van der Waals surface area contributed by atoms with Crippen molar-refractivity contribution in [2.75, 3.05) is 12.5 Å². The maximum Gasteiger partial charge on any atom is 0.0581 e.